The zero-order valence-corrected chi connectivity index (χ0v) is 12.6. The second-order valence-corrected chi connectivity index (χ2v) is 5.18. The topological polar surface area (TPSA) is 67.3 Å². The fourth-order valence-electron chi connectivity index (χ4n) is 2.22. The fourth-order valence-corrected chi connectivity index (χ4v) is 2.43. The molecule has 0 amide bonds. The fraction of sp³-hybridized carbons (Fsp3) is 0.125. The van der Waals surface area contributed by atoms with Crippen molar-refractivity contribution in [1.82, 2.24) is 9.97 Å². The van der Waals surface area contributed by atoms with Crippen LogP contribution in [0.2, 0.25) is 5.02 Å². The van der Waals surface area contributed by atoms with Gasteiger partial charge in [0, 0.05) is 11.6 Å². The number of nitrogens with zero attached hydrogens (tertiary/aromatic N) is 2. The minimum Gasteiger partial charge on any atom is -0.497 e. The van der Waals surface area contributed by atoms with E-state index in [0.717, 1.165) is 11.3 Å². The van der Waals surface area contributed by atoms with Crippen LogP contribution in [-0.4, -0.2) is 22.2 Å². The van der Waals surface area contributed by atoms with Gasteiger partial charge in [0.1, 0.15) is 12.1 Å². The number of aromatic nitrogens is 2. The highest BCUT2D eigenvalue weighted by Gasteiger charge is 2.09. The van der Waals surface area contributed by atoms with Crippen LogP contribution < -0.4 is 10.1 Å². The highest BCUT2D eigenvalue weighted by Crippen LogP contribution is 2.32. The average molecular weight is 316 g/mol. The Kier molecular flexibility index (Phi) is 3.98. The number of anilines is 1. The molecule has 0 aliphatic rings. The summed E-state index contributed by atoms with van der Waals surface area (Å²) >= 11 is 6.10. The second kappa shape index (κ2) is 6.07. The van der Waals surface area contributed by atoms with Crippen molar-refractivity contribution >= 4 is 28.2 Å². The molecule has 0 atom stereocenters. The van der Waals surface area contributed by atoms with Crippen molar-refractivity contribution in [2.45, 2.75) is 6.54 Å². The summed E-state index contributed by atoms with van der Waals surface area (Å²) in [7, 11) is 1.63. The number of benzene rings is 2. The number of fused-ring (bicyclic) bond motifs is 1. The van der Waals surface area contributed by atoms with Crippen molar-refractivity contribution in [3.63, 3.8) is 0 Å². The molecular weight excluding hydrogens is 302 g/mol. The molecule has 2 aromatic carbocycles. The van der Waals surface area contributed by atoms with E-state index in [-0.39, 0.29) is 5.88 Å². The van der Waals surface area contributed by atoms with E-state index in [9.17, 15) is 5.11 Å². The molecule has 0 aliphatic heterocycles. The molecule has 5 nitrogen and oxygen atoms in total. The van der Waals surface area contributed by atoms with E-state index >= 15 is 0 Å². The Morgan fingerprint density at radius 3 is 2.68 bits per heavy atom. The molecule has 0 fully saturated rings. The summed E-state index contributed by atoms with van der Waals surface area (Å²) in [5.41, 5.74) is 2.36. The van der Waals surface area contributed by atoms with Gasteiger partial charge in [0.05, 0.1) is 23.7 Å². The first-order chi connectivity index (χ1) is 10.7. The summed E-state index contributed by atoms with van der Waals surface area (Å²) in [5.74, 6) is 0.738. The van der Waals surface area contributed by atoms with Gasteiger partial charge in [-0.3, -0.25) is 0 Å². The molecular formula is C16H14ClN3O2. The SMILES string of the molecule is COc1ccc(CNc2cc(Cl)cc3ncnc(O)c23)cc1. The molecule has 1 heterocycles. The predicted molar refractivity (Wildman–Crippen MR) is 86.5 cm³/mol. The largest absolute Gasteiger partial charge is 0.497 e. The first-order valence-electron chi connectivity index (χ1n) is 6.67. The lowest BCUT2D eigenvalue weighted by molar-refractivity contribution is 0.414. The molecule has 3 aromatic rings. The Bertz CT molecular complexity index is 806. The molecule has 0 saturated carbocycles. The Labute approximate surface area is 132 Å². The van der Waals surface area contributed by atoms with Gasteiger partial charge in [0.15, 0.2) is 0 Å². The van der Waals surface area contributed by atoms with Crippen LogP contribution in [0.25, 0.3) is 10.9 Å². The lowest BCUT2D eigenvalue weighted by Gasteiger charge is -2.11. The van der Waals surface area contributed by atoms with E-state index < -0.39 is 0 Å². The maximum atomic E-state index is 9.96. The molecule has 112 valence electrons. The maximum absolute atomic E-state index is 9.96. The molecule has 0 spiro atoms. The standard InChI is InChI=1S/C16H14ClN3O2/c1-22-12-4-2-10(3-5-12)8-18-13-6-11(17)7-14-15(13)16(21)20-9-19-14/h2-7,9,18H,8H2,1H3,(H,19,20,21). The van der Waals surface area contributed by atoms with Crippen LogP contribution in [0.4, 0.5) is 5.69 Å². The minimum atomic E-state index is -0.0705. The van der Waals surface area contributed by atoms with Crippen molar-refractivity contribution < 1.29 is 9.84 Å². The monoisotopic (exact) mass is 315 g/mol. The molecule has 0 saturated heterocycles. The Morgan fingerprint density at radius 2 is 1.95 bits per heavy atom. The van der Waals surface area contributed by atoms with E-state index in [2.05, 4.69) is 15.3 Å². The third kappa shape index (κ3) is 2.89. The lowest BCUT2D eigenvalue weighted by atomic mass is 10.1. The van der Waals surface area contributed by atoms with E-state index in [4.69, 9.17) is 16.3 Å². The van der Waals surface area contributed by atoms with Crippen molar-refractivity contribution in [2.75, 3.05) is 12.4 Å². The van der Waals surface area contributed by atoms with Gasteiger partial charge >= 0.3 is 0 Å². The molecule has 0 radical (unpaired) electrons. The van der Waals surface area contributed by atoms with Crippen molar-refractivity contribution in [1.29, 1.82) is 0 Å². The van der Waals surface area contributed by atoms with Gasteiger partial charge in [-0.2, -0.15) is 0 Å². The van der Waals surface area contributed by atoms with E-state index in [0.29, 0.717) is 28.2 Å². The van der Waals surface area contributed by atoms with Gasteiger partial charge in [-0.1, -0.05) is 23.7 Å². The number of methoxy groups -OCH3 is 1. The van der Waals surface area contributed by atoms with Crippen LogP contribution in [0.15, 0.2) is 42.7 Å². The van der Waals surface area contributed by atoms with Gasteiger partial charge in [-0.25, -0.2) is 9.97 Å². The summed E-state index contributed by atoms with van der Waals surface area (Å²) in [5, 5.41) is 14.3. The number of ether oxygens (including phenoxy) is 1. The van der Waals surface area contributed by atoms with E-state index in [1.54, 1.807) is 19.2 Å². The molecule has 2 N–H and O–H groups in total. The van der Waals surface area contributed by atoms with Gasteiger partial charge in [-0.05, 0) is 29.8 Å². The summed E-state index contributed by atoms with van der Waals surface area (Å²) in [6.45, 7) is 0.577. The lowest BCUT2D eigenvalue weighted by Crippen LogP contribution is -2.01. The second-order valence-electron chi connectivity index (χ2n) is 4.75. The summed E-state index contributed by atoms with van der Waals surface area (Å²) < 4.78 is 5.13. The highest BCUT2D eigenvalue weighted by molar-refractivity contribution is 6.32. The van der Waals surface area contributed by atoms with Crippen molar-refractivity contribution in [3.8, 4) is 11.6 Å². The first kappa shape index (κ1) is 14.4. The molecule has 0 unspecified atom stereocenters. The zero-order valence-electron chi connectivity index (χ0n) is 11.9. The number of hydrogen-bond acceptors (Lipinski definition) is 5. The van der Waals surface area contributed by atoms with Crippen LogP contribution in [0.3, 0.4) is 0 Å². The number of rotatable bonds is 4. The molecule has 22 heavy (non-hydrogen) atoms. The average Bonchev–Trinajstić information content (AvgIpc) is 2.53. The zero-order chi connectivity index (χ0) is 15.5. The molecule has 1 aromatic heterocycles. The maximum Gasteiger partial charge on any atom is 0.224 e. The summed E-state index contributed by atoms with van der Waals surface area (Å²) in [4.78, 5) is 7.95. The molecule has 6 heteroatoms. The van der Waals surface area contributed by atoms with Crippen LogP contribution in [0.1, 0.15) is 5.56 Å². The van der Waals surface area contributed by atoms with Gasteiger partial charge in [0.2, 0.25) is 5.88 Å². The molecule has 0 aliphatic carbocycles. The number of nitrogens with one attached hydrogen (secondary N) is 1. The molecule has 3 rings (SSSR count). The van der Waals surface area contributed by atoms with E-state index in [1.807, 2.05) is 24.3 Å². The number of aromatic hydroxyl groups is 1. The van der Waals surface area contributed by atoms with Crippen molar-refractivity contribution in [2.24, 2.45) is 0 Å². The van der Waals surface area contributed by atoms with Crippen LogP contribution in [-0.2, 0) is 6.54 Å². The van der Waals surface area contributed by atoms with Gasteiger partial charge in [0.25, 0.3) is 0 Å². The summed E-state index contributed by atoms with van der Waals surface area (Å²) in [6.07, 6.45) is 1.31. The predicted octanol–water partition coefficient (Wildman–Crippen LogP) is 3.61. The van der Waals surface area contributed by atoms with Gasteiger partial charge in [-0.15, -0.1) is 0 Å². The quantitative estimate of drug-likeness (QED) is 0.770. The Hall–Kier alpha value is -2.53. The first-order valence-corrected chi connectivity index (χ1v) is 7.05. The third-order valence-corrected chi connectivity index (χ3v) is 3.54. The summed E-state index contributed by atoms with van der Waals surface area (Å²) in [6, 6.07) is 11.2. The third-order valence-electron chi connectivity index (χ3n) is 3.32. The highest BCUT2D eigenvalue weighted by atomic mass is 35.5. The smallest absolute Gasteiger partial charge is 0.224 e. The minimum absolute atomic E-state index is 0.0705. The molecule has 0 bridgehead atoms. The Morgan fingerprint density at radius 1 is 1.18 bits per heavy atom. The normalized spacial score (nSPS) is 10.6. The van der Waals surface area contributed by atoms with Gasteiger partial charge < -0.3 is 15.2 Å². The Balaban J connectivity index is 1.89. The number of halogens is 1. The van der Waals surface area contributed by atoms with E-state index in [1.165, 1.54) is 6.33 Å². The van der Waals surface area contributed by atoms with Crippen LogP contribution in [0.5, 0.6) is 11.6 Å². The van der Waals surface area contributed by atoms with Crippen molar-refractivity contribution in [3.05, 3.63) is 53.3 Å². The van der Waals surface area contributed by atoms with Crippen LogP contribution in [0, 0.1) is 0 Å². The van der Waals surface area contributed by atoms with Crippen LogP contribution >= 0.6 is 11.6 Å². The number of hydrogen-bond donors (Lipinski definition) is 2.